The maximum Gasteiger partial charge on any atom is 0.411 e. The van der Waals surface area contributed by atoms with E-state index in [4.69, 9.17) is 4.74 Å². The Balaban J connectivity index is 2.16. The molecule has 3 rings (SSSR count). The van der Waals surface area contributed by atoms with Crippen molar-refractivity contribution >= 4 is 12.1 Å². The molecule has 0 unspecified atom stereocenters. The molecule has 1 aliphatic heterocycles. The van der Waals surface area contributed by atoms with Crippen molar-refractivity contribution in [2.75, 3.05) is 6.54 Å². The van der Waals surface area contributed by atoms with Crippen LogP contribution in [-0.4, -0.2) is 34.6 Å². The molecule has 1 atom stereocenters. The van der Waals surface area contributed by atoms with Crippen LogP contribution in [0.25, 0.3) is 0 Å². The lowest BCUT2D eigenvalue weighted by atomic mass is 9.73. The van der Waals surface area contributed by atoms with Crippen LogP contribution >= 0.6 is 0 Å². The summed E-state index contributed by atoms with van der Waals surface area (Å²) in [6.45, 7) is 5.63. The lowest BCUT2D eigenvalue weighted by Crippen LogP contribution is -2.62. The SMILES string of the molecule is CC(C)(C)OC(=O)N1CCC[C@@]1(C(=O)[O-])C(c1ccccc1)c1ccccc1. The Bertz CT molecular complexity index is 789. The summed E-state index contributed by atoms with van der Waals surface area (Å²) in [6.07, 6.45) is 0.262. The number of carbonyl (C=O) groups is 2. The number of amides is 1. The second kappa shape index (κ2) is 7.66. The molecule has 5 nitrogen and oxygen atoms in total. The Hall–Kier alpha value is -2.82. The molecular formula is C23H26NO4-. The number of carbonyl (C=O) groups excluding carboxylic acids is 2. The summed E-state index contributed by atoms with van der Waals surface area (Å²) in [5.41, 5.74) is -0.570. The molecule has 0 aromatic heterocycles. The van der Waals surface area contributed by atoms with Crippen LogP contribution < -0.4 is 5.11 Å². The van der Waals surface area contributed by atoms with Crippen LogP contribution in [-0.2, 0) is 9.53 Å². The number of aliphatic carboxylic acids is 1. The van der Waals surface area contributed by atoms with Gasteiger partial charge in [-0.2, -0.15) is 0 Å². The van der Waals surface area contributed by atoms with E-state index in [9.17, 15) is 14.7 Å². The molecule has 2 aromatic rings. The van der Waals surface area contributed by atoms with E-state index in [2.05, 4.69) is 0 Å². The fourth-order valence-corrected chi connectivity index (χ4v) is 4.08. The molecule has 0 spiro atoms. The summed E-state index contributed by atoms with van der Waals surface area (Å²) in [5, 5.41) is 12.6. The predicted molar refractivity (Wildman–Crippen MR) is 105 cm³/mol. The number of carboxylic acids is 1. The van der Waals surface area contributed by atoms with Crippen molar-refractivity contribution in [1.82, 2.24) is 4.90 Å². The average molecular weight is 380 g/mol. The van der Waals surface area contributed by atoms with Gasteiger partial charge in [-0.15, -0.1) is 0 Å². The molecule has 0 bridgehead atoms. The maximum absolute atomic E-state index is 13.0. The Morgan fingerprint density at radius 3 is 1.93 bits per heavy atom. The highest BCUT2D eigenvalue weighted by Gasteiger charge is 2.52. The van der Waals surface area contributed by atoms with Crippen molar-refractivity contribution in [1.29, 1.82) is 0 Å². The number of ether oxygens (including phenoxy) is 1. The lowest BCUT2D eigenvalue weighted by Gasteiger charge is -2.45. The number of rotatable bonds is 4. The molecule has 1 aliphatic rings. The number of likely N-dealkylation sites (tertiary alicyclic amines) is 1. The number of hydrogen-bond acceptors (Lipinski definition) is 4. The minimum atomic E-state index is -1.51. The molecule has 0 radical (unpaired) electrons. The predicted octanol–water partition coefficient (Wildman–Crippen LogP) is 3.34. The Morgan fingerprint density at radius 2 is 1.50 bits per heavy atom. The largest absolute Gasteiger partial charge is 0.548 e. The van der Waals surface area contributed by atoms with Gasteiger partial charge in [0.15, 0.2) is 0 Å². The van der Waals surface area contributed by atoms with Gasteiger partial charge >= 0.3 is 6.09 Å². The van der Waals surface area contributed by atoms with Gasteiger partial charge in [0.2, 0.25) is 0 Å². The molecule has 148 valence electrons. The third-order valence-corrected chi connectivity index (χ3v) is 5.13. The molecule has 0 aliphatic carbocycles. The summed E-state index contributed by atoms with van der Waals surface area (Å²) < 4.78 is 5.54. The molecule has 1 fully saturated rings. The third kappa shape index (κ3) is 3.75. The summed E-state index contributed by atoms with van der Waals surface area (Å²) in [5.74, 6) is -1.82. The van der Waals surface area contributed by atoms with E-state index in [0.29, 0.717) is 19.4 Å². The molecule has 0 N–H and O–H groups in total. The van der Waals surface area contributed by atoms with Gasteiger partial charge in [-0.05, 0) is 44.7 Å². The smallest absolute Gasteiger partial charge is 0.411 e. The molecule has 2 aromatic carbocycles. The Kier molecular flexibility index (Phi) is 5.45. The van der Waals surface area contributed by atoms with E-state index in [1.807, 2.05) is 60.7 Å². The highest BCUT2D eigenvalue weighted by molar-refractivity contribution is 5.86. The van der Waals surface area contributed by atoms with Gasteiger partial charge in [-0.1, -0.05) is 60.7 Å². The number of hydrogen-bond donors (Lipinski definition) is 0. The van der Waals surface area contributed by atoms with E-state index in [-0.39, 0.29) is 0 Å². The molecular weight excluding hydrogens is 354 g/mol. The van der Waals surface area contributed by atoms with Crippen LogP contribution in [0.5, 0.6) is 0 Å². The van der Waals surface area contributed by atoms with Crippen LogP contribution in [0.2, 0.25) is 0 Å². The minimum Gasteiger partial charge on any atom is -0.548 e. The van der Waals surface area contributed by atoms with Gasteiger partial charge in [-0.25, -0.2) is 4.79 Å². The normalized spacial score (nSPS) is 19.6. The van der Waals surface area contributed by atoms with Gasteiger partial charge < -0.3 is 14.6 Å². The van der Waals surface area contributed by atoms with Crippen LogP contribution in [0.15, 0.2) is 60.7 Å². The molecule has 5 heteroatoms. The fraction of sp³-hybridized carbons (Fsp3) is 0.391. The zero-order valence-electron chi connectivity index (χ0n) is 16.6. The quantitative estimate of drug-likeness (QED) is 0.816. The first-order valence-electron chi connectivity index (χ1n) is 9.58. The van der Waals surface area contributed by atoms with Gasteiger partial charge in [0, 0.05) is 12.5 Å². The van der Waals surface area contributed by atoms with Gasteiger partial charge in [-0.3, -0.25) is 4.90 Å². The summed E-state index contributed by atoms with van der Waals surface area (Å²) in [4.78, 5) is 27.0. The second-order valence-electron chi connectivity index (χ2n) is 8.20. The van der Waals surface area contributed by atoms with Crippen molar-refractivity contribution in [3.8, 4) is 0 Å². The van der Waals surface area contributed by atoms with Crippen molar-refractivity contribution < 1.29 is 19.4 Å². The molecule has 0 saturated carbocycles. The van der Waals surface area contributed by atoms with Gasteiger partial charge in [0.25, 0.3) is 0 Å². The number of carboxylic acid groups (broad SMARTS) is 1. The first-order valence-corrected chi connectivity index (χ1v) is 9.58. The van der Waals surface area contributed by atoms with Crippen molar-refractivity contribution in [2.45, 2.75) is 50.7 Å². The summed E-state index contributed by atoms with van der Waals surface area (Å²) >= 11 is 0. The first kappa shape index (κ1) is 19.9. The van der Waals surface area contributed by atoms with E-state index in [1.54, 1.807) is 20.8 Å². The van der Waals surface area contributed by atoms with Gasteiger partial charge in [0.1, 0.15) is 5.60 Å². The fourth-order valence-electron chi connectivity index (χ4n) is 4.08. The second-order valence-corrected chi connectivity index (χ2v) is 8.20. The zero-order valence-corrected chi connectivity index (χ0v) is 16.6. The molecule has 1 heterocycles. The minimum absolute atomic E-state index is 0.309. The number of nitrogens with zero attached hydrogens (tertiary/aromatic N) is 1. The van der Waals surface area contributed by atoms with Crippen LogP contribution in [0.3, 0.4) is 0 Å². The van der Waals surface area contributed by atoms with Crippen molar-refractivity contribution in [2.24, 2.45) is 0 Å². The van der Waals surface area contributed by atoms with Crippen molar-refractivity contribution in [3.63, 3.8) is 0 Å². The van der Waals surface area contributed by atoms with E-state index >= 15 is 0 Å². The standard InChI is InChI=1S/C23H27NO4/c1-22(2,3)28-21(27)24-16-10-15-23(24,20(25)26)19(17-11-6-4-7-12-17)18-13-8-5-9-14-18/h4-9,11-14,19H,10,15-16H2,1-3H3,(H,25,26)/p-1/t23-/m0/s1. The molecule has 28 heavy (non-hydrogen) atoms. The molecule has 1 saturated heterocycles. The summed E-state index contributed by atoms with van der Waals surface area (Å²) in [6, 6.07) is 18.9. The van der Waals surface area contributed by atoms with E-state index in [0.717, 1.165) is 11.1 Å². The molecule has 1 amide bonds. The van der Waals surface area contributed by atoms with Crippen LogP contribution in [0.1, 0.15) is 50.7 Å². The highest BCUT2D eigenvalue weighted by Crippen LogP contribution is 2.45. The average Bonchev–Trinajstić information content (AvgIpc) is 3.08. The monoisotopic (exact) mass is 380 g/mol. The maximum atomic E-state index is 13.0. The Morgan fingerprint density at radius 1 is 1.00 bits per heavy atom. The van der Waals surface area contributed by atoms with Crippen LogP contribution in [0, 0.1) is 0 Å². The Labute approximate surface area is 165 Å². The van der Waals surface area contributed by atoms with E-state index < -0.39 is 29.1 Å². The zero-order chi connectivity index (χ0) is 20.4. The first-order chi connectivity index (χ1) is 13.3. The van der Waals surface area contributed by atoms with Crippen molar-refractivity contribution in [3.05, 3.63) is 71.8 Å². The highest BCUT2D eigenvalue weighted by atomic mass is 16.6. The van der Waals surface area contributed by atoms with E-state index in [1.165, 1.54) is 4.90 Å². The topological polar surface area (TPSA) is 69.7 Å². The lowest BCUT2D eigenvalue weighted by molar-refractivity contribution is -0.318. The van der Waals surface area contributed by atoms with Crippen LogP contribution in [0.4, 0.5) is 4.79 Å². The summed E-state index contributed by atoms with van der Waals surface area (Å²) in [7, 11) is 0. The number of benzene rings is 2. The third-order valence-electron chi connectivity index (χ3n) is 5.13. The van der Waals surface area contributed by atoms with Gasteiger partial charge in [0.05, 0.1) is 11.5 Å².